The fourth-order valence-corrected chi connectivity index (χ4v) is 3.62. The molecule has 7 nitrogen and oxygen atoms in total. The van der Waals surface area contributed by atoms with Gasteiger partial charge >= 0.3 is 0 Å². The lowest BCUT2D eigenvalue weighted by molar-refractivity contribution is -0.139. The van der Waals surface area contributed by atoms with Crippen LogP contribution in [0.3, 0.4) is 0 Å². The van der Waals surface area contributed by atoms with Gasteiger partial charge in [-0.3, -0.25) is 19.5 Å². The lowest BCUT2D eigenvalue weighted by Crippen LogP contribution is -2.51. The average molecular weight is 367 g/mol. The van der Waals surface area contributed by atoms with Gasteiger partial charge in [-0.05, 0) is 31.0 Å². The summed E-state index contributed by atoms with van der Waals surface area (Å²) in [6.45, 7) is 4.59. The Balaban J connectivity index is 1.33. The van der Waals surface area contributed by atoms with E-state index in [1.54, 1.807) is 24.5 Å². The number of hydrogen-bond acceptors (Lipinski definition) is 5. The summed E-state index contributed by atoms with van der Waals surface area (Å²) in [5.74, 6) is 0.609. The first-order valence-electron chi connectivity index (χ1n) is 9.70. The topological polar surface area (TPSA) is 71.3 Å². The van der Waals surface area contributed by atoms with Crippen LogP contribution in [0.5, 0.6) is 0 Å². The van der Waals surface area contributed by atoms with E-state index >= 15 is 0 Å². The summed E-state index contributed by atoms with van der Waals surface area (Å²) in [5, 5.41) is 4.48. The minimum Gasteiger partial charge on any atom is -0.340 e. The van der Waals surface area contributed by atoms with Crippen LogP contribution >= 0.6 is 0 Å². The summed E-state index contributed by atoms with van der Waals surface area (Å²) in [6.07, 6.45) is 6.77. The minimum absolute atomic E-state index is 0.0959. The van der Waals surface area contributed by atoms with Crippen molar-refractivity contribution in [2.75, 3.05) is 32.7 Å². The third kappa shape index (κ3) is 4.08. The van der Waals surface area contributed by atoms with Crippen molar-refractivity contribution in [1.29, 1.82) is 0 Å². The summed E-state index contributed by atoms with van der Waals surface area (Å²) in [4.78, 5) is 32.9. The molecule has 0 spiro atoms. The van der Waals surface area contributed by atoms with Gasteiger partial charge in [0.2, 0.25) is 5.91 Å². The molecule has 2 aliphatic rings. The highest BCUT2D eigenvalue weighted by Gasteiger charge is 2.31. The fourth-order valence-electron chi connectivity index (χ4n) is 3.62. The lowest BCUT2D eigenvalue weighted by Gasteiger charge is -2.38. The van der Waals surface area contributed by atoms with Crippen molar-refractivity contribution in [2.24, 2.45) is 5.92 Å². The summed E-state index contributed by atoms with van der Waals surface area (Å²) in [5.41, 5.74) is 1.55. The van der Waals surface area contributed by atoms with Crippen molar-refractivity contribution in [3.63, 3.8) is 0 Å². The van der Waals surface area contributed by atoms with Gasteiger partial charge in [0.1, 0.15) is 0 Å². The van der Waals surface area contributed by atoms with Gasteiger partial charge < -0.3 is 4.90 Å². The Morgan fingerprint density at radius 2 is 1.89 bits per heavy atom. The van der Waals surface area contributed by atoms with Crippen LogP contribution in [-0.4, -0.2) is 63.2 Å². The average Bonchev–Trinajstić information content (AvgIpc) is 2.67. The summed E-state index contributed by atoms with van der Waals surface area (Å²) >= 11 is 0. The van der Waals surface area contributed by atoms with Crippen molar-refractivity contribution in [1.82, 2.24) is 24.6 Å². The van der Waals surface area contributed by atoms with Crippen LogP contribution in [0.25, 0.3) is 11.3 Å². The zero-order valence-corrected chi connectivity index (χ0v) is 15.5. The maximum Gasteiger partial charge on any atom is 0.266 e. The molecule has 2 fully saturated rings. The molecule has 2 aromatic heterocycles. The quantitative estimate of drug-likeness (QED) is 0.795. The first kappa shape index (κ1) is 17.9. The molecule has 1 saturated carbocycles. The number of piperazine rings is 1. The molecule has 0 bridgehead atoms. The number of carbonyl (C=O) groups is 1. The minimum atomic E-state index is -0.0959. The molecule has 1 saturated heterocycles. The SMILES string of the molecule is O=C(C1CCC1)N1CCN(CCn2nc(-c3cccnc3)ccc2=O)CC1. The molecule has 0 aromatic carbocycles. The molecule has 1 aliphatic carbocycles. The summed E-state index contributed by atoms with van der Waals surface area (Å²) in [6, 6.07) is 7.09. The second-order valence-corrected chi connectivity index (χ2v) is 7.32. The van der Waals surface area contributed by atoms with Crippen LogP contribution in [-0.2, 0) is 11.3 Å². The number of nitrogens with zero attached hydrogens (tertiary/aromatic N) is 5. The number of aromatic nitrogens is 3. The Hall–Kier alpha value is -2.54. The highest BCUT2D eigenvalue weighted by molar-refractivity contribution is 5.79. The largest absolute Gasteiger partial charge is 0.340 e. The number of hydrogen-bond donors (Lipinski definition) is 0. The first-order chi connectivity index (χ1) is 13.2. The normalized spacial score (nSPS) is 18.3. The van der Waals surface area contributed by atoms with Crippen molar-refractivity contribution < 1.29 is 4.79 Å². The van der Waals surface area contributed by atoms with Gasteiger partial charge in [0.25, 0.3) is 5.56 Å². The van der Waals surface area contributed by atoms with E-state index in [4.69, 9.17) is 0 Å². The molecule has 0 unspecified atom stereocenters. The maximum absolute atomic E-state index is 12.3. The van der Waals surface area contributed by atoms with Gasteiger partial charge in [0, 0.05) is 62.7 Å². The summed E-state index contributed by atoms with van der Waals surface area (Å²) in [7, 11) is 0. The zero-order chi connectivity index (χ0) is 18.6. The van der Waals surface area contributed by atoms with Crippen molar-refractivity contribution in [3.05, 3.63) is 47.0 Å². The molecular weight excluding hydrogens is 342 g/mol. The number of amides is 1. The van der Waals surface area contributed by atoms with Crippen LogP contribution in [0.2, 0.25) is 0 Å². The van der Waals surface area contributed by atoms with Crippen molar-refractivity contribution in [2.45, 2.75) is 25.8 Å². The van der Waals surface area contributed by atoms with Gasteiger partial charge in [-0.15, -0.1) is 0 Å². The highest BCUT2D eigenvalue weighted by Crippen LogP contribution is 2.28. The second kappa shape index (κ2) is 8.00. The third-order valence-corrected chi connectivity index (χ3v) is 5.59. The van der Waals surface area contributed by atoms with Crippen molar-refractivity contribution in [3.8, 4) is 11.3 Å². The predicted octanol–water partition coefficient (Wildman–Crippen LogP) is 1.25. The molecule has 4 rings (SSSR count). The van der Waals surface area contributed by atoms with Crippen molar-refractivity contribution >= 4 is 5.91 Å². The third-order valence-electron chi connectivity index (χ3n) is 5.59. The van der Waals surface area contributed by atoms with E-state index in [0.29, 0.717) is 12.5 Å². The molecule has 3 heterocycles. The number of pyridine rings is 1. The molecule has 0 radical (unpaired) electrons. The molecule has 2 aromatic rings. The van der Waals surface area contributed by atoms with Crippen LogP contribution in [0.15, 0.2) is 41.5 Å². The predicted molar refractivity (Wildman–Crippen MR) is 102 cm³/mol. The van der Waals surface area contributed by atoms with E-state index in [0.717, 1.165) is 56.8 Å². The Labute approximate surface area is 158 Å². The van der Waals surface area contributed by atoms with E-state index in [2.05, 4.69) is 15.0 Å². The zero-order valence-electron chi connectivity index (χ0n) is 15.5. The molecule has 142 valence electrons. The standard InChI is InChI=1S/C20H25N5O2/c26-19-7-6-18(17-5-2-8-21-15-17)22-25(19)14-11-23-9-12-24(13-10-23)20(27)16-3-1-4-16/h2,5-8,15-16H,1,3-4,9-14H2. The number of carbonyl (C=O) groups excluding carboxylic acids is 1. The van der Waals surface area contributed by atoms with Gasteiger partial charge in [-0.2, -0.15) is 5.10 Å². The Bertz CT molecular complexity index is 839. The van der Waals surface area contributed by atoms with E-state index in [-0.39, 0.29) is 11.5 Å². The number of rotatable bonds is 5. The fraction of sp³-hybridized carbons (Fsp3) is 0.500. The van der Waals surface area contributed by atoms with Gasteiger partial charge in [-0.1, -0.05) is 6.42 Å². The van der Waals surface area contributed by atoms with E-state index in [1.807, 2.05) is 17.0 Å². The van der Waals surface area contributed by atoms with E-state index in [9.17, 15) is 9.59 Å². The molecular formula is C20H25N5O2. The lowest BCUT2D eigenvalue weighted by atomic mass is 9.84. The van der Waals surface area contributed by atoms with Gasteiger partial charge in [0.05, 0.1) is 12.2 Å². The molecule has 1 amide bonds. The molecule has 1 aliphatic heterocycles. The van der Waals surface area contributed by atoms with Crippen LogP contribution in [0, 0.1) is 5.92 Å². The van der Waals surface area contributed by atoms with E-state index in [1.165, 1.54) is 11.1 Å². The Kier molecular flexibility index (Phi) is 5.29. The second-order valence-electron chi connectivity index (χ2n) is 7.32. The molecule has 7 heteroatoms. The molecule has 27 heavy (non-hydrogen) atoms. The Morgan fingerprint density at radius 1 is 1.07 bits per heavy atom. The van der Waals surface area contributed by atoms with E-state index < -0.39 is 0 Å². The van der Waals surface area contributed by atoms with Crippen LogP contribution in [0.1, 0.15) is 19.3 Å². The van der Waals surface area contributed by atoms with Crippen LogP contribution in [0.4, 0.5) is 0 Å². The first-order valence-corrected chi connectivity index (χ1v) is 9.70. The molecule has 0 atom stereocenters. The molecule has 0 N–H and O–H groups in total. The highest BCUT2D eigenvalue weighted by atomic mass is 16.2. The maximum atomic E-state index is 12.3. The monoisotopic (exact) mass is 367 g/mol. The Morgan fingerprint density at radius 3 is 2.56 bits per heavy atom. The van der Waals surface area contributed by atoms with Gasteiger partial charge in [-0.25, -0.2) is 4.68 Å². The van der Waals surface area contributed by atoms with Crippen LogP contribution < -0.4 is 5.56 Å². The van der Waals surface area contributed by atoms with Gasteiger partial charge in [0.15, 0.2) is 0 Å². The summed E-state index contributed by atoms with van der Waals surface area (Å²) < 4.78 is 1.52. The smallest absolute Gasteiger partial charge is 0.266 e.